The minimum atomic E-state index is 0.657. The van der Waals surface area contributed by atoms with Crippen LogP contribution in [0, 0.1) is 0 Å². The lowest BCUT2D eigenvalue weighted by molar-refractivity contribution is 0.203. The Morgan fingerprint density at radius 1 is 1.73 bits per heavy atom. The highest BCUT2D eigenvalue weighted by atomic mass is 32.1. The smallest absolute Gasteiger partial charge is 0.169 e. The predicted octanol–water partition coefficient (Wildman–Crippen LogP) is 1.10. The van der Waals surface area contributed by atoms with Gasteiger partial charge < -0.3 is 15.0 Å². The number of hydrogen-bond donors (Lipinski definition) is 1. The van der Waals surface area contributed by atoms with Crippen molar-refractivity contribution in [2.75, 3.05) is 27.3 Å². The van der Waals surface area contributed by atoms with Crippen molar-refractivity contribution in [2.45, 2.75) is 6.54 Å². The Balaban J connectivity index is 2.27. The van der Waals surface area contributed by atoms with Crippen molar-refractivity contribution in [1.29, 1.82) is 0 Å². The van der Waals surface area contributed by atoms with E-state index >= 15 is 0 Å². The van der Waals surface area contributed by atoms with Crippen LogP contribution in [-0.4, -0.2) is 42.3 Å². The van der Waals surface area contributed by atoms with Crippen LogP contribution in [0.1, 0.15) is 5.69 Å². The molecule has 1 heterocycles. The van der Waals surface area contributed by atoms with E-state index in [0.29, 0.717) is 6.61 Å². The van der Waals surface area contributed by atoms with E-state index in [1.54, 1.807) is 18.4 Å². The van der Waals surface area contributed by atoms with E-state index in [9.17, 15) is 0 Å². The van der Waals surface area contributed by atoms with Crippen LogP contribution in [0.15, 0.2) is 10.9 Å². The molecular formula is C9H15N3OS2. The first-order valence-corrected chi connectivity index (χ1v) is 5.94. The van der Waals surface area contributed by atoms with Crippen LogP contribution in [0.4, 0.5) is 0 Å². The summed E-state index contributed by atoms with van der Waals surface area (Å²) in [5.74, 6) is 0. The van der Waals surface area contributed by atoms with Crippen molar-refractivity contribution in [3.05, 3.63) is 16.6 Å². The van der Waals surface area contributed by atoms with Crippen LogP contribution in [0.5, 0.6) is 0 Å². The monoisotopic (exact) mass is 245 g/mol. The van der Waals surface area contributed by atoms with Gasteiger partial charge in [-0.15, -0.1) is 11.3 Å². The molecular weight excluding hydrogens is 230 g/mol. The van der Waals surface area contributed by atoms with E-state index in [2.05, 4.69) is 10.3 Å². The number of thiocarbonyl (C=S) groups is 1. The maximum absolute atomic E-state index is 5.20. The van der Waals surface area contributed by atoms with Gasteiger partial charge in [-0.25, -0.2) is 4.98 Å². The number of nitrogens with zero attached hydrogens (tertiary/aromatic N) is 2. The highest BCUT2D eigenvalue weighted by molar-refractivity contribution is 7.80. The second-order valence-corrected chi connectivity index (χ2v) is 4.17. The van der Waals surface area contributed by atoms with Crippen molar-refractivity contribution in [3.8, 4) is 0 Å². The molecule has 0 aromatic carbocycles. The molecule has 0 bridgehead atoms. The fraction of sp³-hybridized carbons (Fsp3) is 0.556. The lowest BCUT2D eigenvalue weighted by atomic mass is 10.4. The first kappa shape index (κ1) is 12.4. The van der Waals surface area contributed by atoms with Gasteiger partial charge in [0.1, 0.15) is 0 Å². The van der Waals surface area contributed by atoms with Crippen molar-refractivity contribution in [1.82, 2.24) is 15.2 Å². The average Bonchev–Trinajstić information content (AvgIpc) is 2.70. The summed E-state index contributed by atoms with van der Waals surface area (Å²) in [4.78, 5) is 6.16. The number of aromatic nitrogens is 1. The SMILES string of the molecule is COCCNC(=S)N(C)Cc1cscn1. The minimum Gasteiger partial charge on any atom is -0.383 e. The molecule has 1 rings (SSSR count). The van der Waals surface area contributed by atoms with Gasteiger partial charge in [0, 0.05) is 26.1 Å². The summed E-state index contributed by atoms with van der Waals surface area (Å²) in [5.41, 5.74) is 2.86. The first-order valence-electron chi connectivity index (χ1n) is 4.59. The zero-order valence-electron chi connectivity index (χ0n) is 8.90. The number of rotatable bonds is 5. The normalized spacial score (nSPS) is 10.0. The largest absolute Gasteiger partial charge is 0.383 e. The molecule has 0 radical (unpaired) electrons. The molecule has 0 amide bonds. The van der Waals surface area contributed by atoms with E-state index in [0.717, 1.165) is 23.9 Å². The van der Waals surface area contributed by atoms with E-state index in [-0.39, 0.29) is 0 Å². The fourth-order valence-corrected chi connectivity index (χ4v) is 1.74. The zero-order chi connectivity index (χ0) is 11.1. The number of methoxy groups -OCH3 is 1. The molecule has 1 N–H and O–H groups in total. The van der Waals surface area contributed by atoms with Crippen LogP contribution in [0.25, 0.3) is 0 Å². The molecule has 0 saturated carbocycles. The molecule has 0 saturated heterocycles. The summed E-state index contributed by atoms with van der Waals surface area (Å²) < 4.78 is 4.93. The molecule has 0 aliphatic heterocycles. The number of hydrogen-bond acceptors (Lipinski definition) is 4. The predicted molar refractivity (Wildman–Crippen MR) is 66.1 cm³/mol. The Hall–Kier alpha value is -0.720. The maximum atomic E-state index is 5.20. The van der Waals surface area contributed by atoms with Gasteiger partial charge in [0.25, 0.3) is 0 Å². The summed E-state index contributed by atoms with van der Waals surface area (Å²) in [6, 6.07) is 0. The third-order valence-electron chi connectivity index (χ3n) is 1.81. The number of ether oxygens (including phenoxy) is 1. The van der Waals surface area contributed by atoms with Gasteiger partial charge in [-0.2, -0.15) is 0 Å². The Kier molecular flexibility index (Phi) is 5.52. The molecule has 4 nitrogen and oxygen atoms in total. The van der Waals surface area contributed by atoms with Gasteiger partial charge in [-0.1, -0.05) is 0 Å². The highest BCUT2D eigenvalue weighted by Gasteiger charge is 2.05. The third-order valence-corrected chi connectivity index (χ3v) is 2.90. The summed E-state index contributed by atoms with van der Waals surface area (Å²) in [6.07, 6.45) is 0. The number of nitrogens with one attached hydrogen (secondary N) is 1. The van der Waals surface area contributed by atoms with Crippen LogP contribution in [-0.2, 0) is 11.3 Å². The second kappa shape index (κ2) is 6.71. The molecule has 84 valence electrons. The van der Waals surface area contributed by atoms with Crippen molar-refractivity contribution in [2.24, 2.45) is 0 Å². The van der Waals surface area contributed by atoms with E-state index in [1.807, 2.05) is 22.8 Å². The molecule has 0 aliphatic carbocycles. The quantitative estimate of drug-likeness (QED) is 0.621. The summed E-state index contributed by atoms with van der Waals surface area (Å²) in [7, 11) is 3.62. The molecule has 1 aromatic rings. The summed E-state index contributed by atoms with van der Waals surface area (Å²) in [6.45, 7) is 2.13. The lowest BCUT2D eigenvalue weighted by Gasteiger charge is -2.19. The van der Waals surface area contributed by atoms with Crippen molar-refractivity contribution < 1.29 is 4.74 Å². The third kappa shape index (κ3) is 4.55. The van der Waals surface area contributed by atoms with Gasteiger partial charge in [0.05, 0.1) is 24.4 Å². The van der Waals surface area contributed by atoms with Crippen molar-refractivity contribution in [3.63, 3.8) is 0 Å². The molecule has 1 aromatic heterocycles. The van der Waals surface area contributed by atoms with Crippen LogP contribution < -0.4 is 5.32 Å². The van der Waals surface area contributed by atoms with Gasteiger partial charge in [0.15, 0.2) is 5.11 Å². The molecule has 0 spiro atoms. The fourth-order valence-electron chi connectivity index (χ4n) is 1.03. The van der Waals surface area contributed by atoms with E-state index < -0.39 is 0 Å². The summed E-state index contributed by atoms with van der Waals surface area (Å²) in [5, 5.41) is 5.85. The first-order chi connectivity index (χ1) is 7.24. The molecule has 15 heavy (non-hydrogen) atoms. The van der Waals surface area contributed by atoms with Crippen LogP contribution in [0.3, 0.4) is 0 Å². The molecule has 0 fully saturated rings. The minimum absolute atomic E-state index is 0.657. The Bertz CT molecular complexity index is 290. The Labute approximate surface area is 99.3 Å². The average molecular weight is 245 g/mol. The van der Waals surface area contributed by atoms with Gasteiger partial charge in [-0.05, 0) is 12.2 Å². The van der Waals surface area contributed by atoms with E-state index in [1.165, 1.54) is 0 Å². The molecule has 6 heteroatoms. The summed E-state index contributed by atoms with van der Waals surface area (Å²) >= 11 is 6.79. The standard InChI is InChI=1S/C9H15N3OS2/c1-12(5-8-6-15-7-11-8)9(14)10-3-4-13-2/h6-7H,3-5H2,1-2H3,(H,10,14). The van der Waals surface area contributed by atoms with Crippen LogP contribution >= 0.6 is 23.6 Å². The Morgan fingerprint density at radius 2 is 2.53 bits per heavy atom. The topological polar surface area (TPSA) is 37.4 Å². The van der Waals surface area contributed by atoms with Gasteiger partial charge >= 0.3 is 0 Å². The number of thiazole rings is 1. The molecule has 0 aliphatic rings. The van der Waals surface area contributed by atoms with E-state index in [4.69, 9.17) is 17.0 Å². The Morgan fingerprint density at radius 3 is 3.13 bits per heavy atom. The highest BCUT2D eigenvalue weighted by Crippen LogP contribution is 2.03. The van der Waals surface area contributed by atoms with Gasteiger partial charge in [0.2, 0.25) is 0 Å². The zero-order valence-corrected chi connectivity index (χ0v) is 10.5. The van der Waals surface area contributed by atoms with Crippen molar-refractivity contribution >= 4 is 28.7 Å². The van der Waals surface area contributed by atoms with Crippen LogP contribution in [0.2, 0.25) is 0 Å². The molecule has 0 unspecified atom stereocenters. The second-order valence-electron chi connectivity index (χ2n) is 3.06. The molecule has 0 atom stereocenters. The van der Waals surface area contributed by atoms with Gasteiger partial charge in [-0.3, -0.25) is 0 Å². The maximum Gasteiger partial charge on any atom is 0.169 e. The lowest BCUT2D eigenvalue weighted by Crippen LogP contribution is -2.38.